The third kappa shape index (κ3) is 2.86. The summed E-state index contributed by atoms with van der Waals surface area (Å²) >= 11 is 0. The van der Waals surface area contributed by atoms with E-state index in [0.29, 0.717) is 34.5 Å². The van der Waals surface area contributed by atoms with Crippen molar-refractivity contribution >= 4 is 11.0 Å². The van der Waals surface area contributed by atoms with E-state index in [1.54, 1.807) is 19.1 Å². The van der Waals surface area contributed by atoms with Gasteiger partial charge < -0.3 is 14.3 Å². The summed E-state index contributed by atoms with van der Waals surface area (Å²) in [6, 6.07) is 3.06. The predicted molar refractivity (Wildman–Crippen MR) is 85.6 cm³/mol. The fourth-order valence-corrected chi connectivity index (χ4v) is 2.54. The van der Waals surface area contributed by atoms with Crippen molar-refractivity contribution in [3.63, 3.8) is 0 Å². The van der Waals surface area contributed by atoms with Crippen LogP contribution in [0.3, 0.4) is 0 Å². The summed E-state index contributed by atoms with van der Waals surface area (Å²) in [5, 5.41) is 10.2. The van der Waals surface area contributed by atoms with Gasteiger partial charge in [-0.2, -0.15) is 0 Å². The standard InChI is InChI=1S/C18H17FO4/c1-3-11-8-14-16(9-15(11)20)22-10(2)18(17(14)21)23-13-6-4-12(19)5-7-13/h4,6-9,12,20H,3,5H2,1-2H3. The van der Waals surface area contributed by atoms with E-state index in [2.05, 4.69) is 0 Å². The molecule has 1 unspecified atom stereocenters. The SMILES string of the molecule is CCc1cc2c(=O)c(OC3=CCC(F)C=C3)c(C)oc2cc1O. The Labute approximate surface area is 132 Å². The van der Waals surface area contributed by atoms with E-state index in [4.69, 9.17) is 9.15 Å². The molecule has 0 bridgehead atoms. The first kappa shape index (κ1) is 15.3. The van der Waals surface area contributed by atoms with Crippen LogP contribution < -0.4 is 10.2 Å². The van der Waals surface area contributed by atoms with E-state index in [9.17, 15) is 14.3 Å². The topological polar surface area (TPSA) is 59.7 Å². The zero-order valence-corrected chi connectivity index (χ0v) is 12.9. The van der Waals surface area contributed by atoms with Gasteiger partial charge in [-0.05, 0) is 43.2 Å². The number of fused-ring (bicyclic) bond motifs is 1. The summed E-state index contributed by atoms with van der Waals surface area (Å²) in [5.41, 5.74) is 0.665. The van der Waals surface area contributed by atoms with Crippen molar-refractivity contribution in [3.8, 4) is 11.5 Å². The molecule has 0 saturated carbocycles. The zero-order chi connectivity index (χ0) is 16.6. The van der Waals surface area contributed by atoms with E-state index in [1.165, 1.54) is 18.2 Å². The maximum Gasteiger partial charge on any atom is 0.235 e. The molecule has 1 aromatic heterocycles. The second-order valence-electron chi connectivity index (χ2n) is 5.47. The second-order valence-corrected chi connectivity index (χ2v) is 5.47. The van der Waals surface area contributed by atoms with Gasteiger partial charge in [-0.1, -0.05) is 6.92 Å². The Morgan fingerprint density at radius 2 is 2.22 bits per heavy atom. The second kappa shape index (κ2) is 5.91. The van der Waals surface area contributed by atoms with Crippen molar-refractivity contribution in [2.24, 2.45) is 0 Å². The summed E-state index contributed by atoms with van der Waals surface area (Å²) < 4.78 is 24.3. The van der Waals surface area contributed by atoms with E-state index in [0.717, 1.165) is 0 Å². The quantitative estimate of drug-likeness (QED) is 0.932. The molecule has 0 spiro atoms. The van der Waals surface area contributed by atoms with Crippen LogP contribution in [-0.2, 0) is 6.42 Å². The maximum atomic E-state index is 13.1. The first-order chi connectivity index (χ1) is 11.0. The minimum absolute atomic E-state index is 0.0819. The Bertz CT molecular complexity index is 877. The minimum Gasteiger partial charge on any atom is -0.508 e. The summed E-state index contributed by atoms with van der Waals surface area (Å²) in [5.74, 6) is 0.910. The Hall–Kier alpha value is -2.56. The van der Waals surface area contributed by atoms with Crippen molar-refractivity contribution in [3.05, 3.63) is 57.7 Å². The van der Waals surface area contributed by atoms with Crippen LogP contribution in [0, 0.1) is 6.92 Å². The number of ether oxygens (including phenoxy) is 1. The van der Waals surface area contributed by atoms with Crippen LogP contribution in [0.5, 0.6) is 11.5 Å². The number of benzene rings is 1. The average molecular weight is 316 g/mol. The van der Waals surface area contributed by atoms with Gasteiger partial charge in [-0.15, -0.1) is 0 Å². The summed E-state index contributed by atoms with van der Waals surface area (Å²) in [6.45, 7) is 3.51. The van der Waals surface area contributed by atoms with Crippen molar-refractivity contribution in [2.45, 2.75) is 32.9 Å². The molecule has 0 radical (unpaired) electrons. The van der Waals surface area contributed by atoms with Gasteiger partial charge in [-0.3, -0.25) is 4.79 Å². The lowest BCUT2D eigenvalue weighted by molar-refractivity contribution is 0.372. The number of phenols is 1. The zero-order valence-electron chi connectivity index (χ0n) is 12.9. The lowest BCUT2D eigenvalue weighted by Gasteiger charge is -2.13. The molecule has 5 heteroatoms. The summed E-state index contributed by atoms with van der Waals surface area (Å²) in [4.78, 5) is 12.7. The first-order valence-corrected chi connectivity index (χ1v) is 7.49. The van der Waals surface area contributed by atoms with Gasteiger partial charge in [0.25, 0.3) is 0 Å². The smallest absolute Gasteiger partial charge is 0.235 e. The van der Waals surface area contributed by atoms with Gasteiger partial charge in [-0.25, -0.2) is 4.39 Å². The number of rotatable bonds is 3. The Morgan fingerprint density at radius 3 is 2.87 bits per heavy atom. The lowest BCUT2D eigenvalue weighted by atomic mass is 10.1. The molecule has 1 aromatic carbocycles. The Balaban J connectivity index is 2.09. The number of hydrogen-bond acceptors (Lipinski definition) is 4. The van der Waals surface area contributed by atoms with Crippen molar-refractivity contribution in [1.29, 1.82) is 0 Å². The van der Waals surface area contributed by atoms with E-state index >= 15 is 0 Å². The lowest BCUT2D eigenvalue weighted by Crippen LogP contribution is -2.11. The number of alkyl halides is 1. The average Bonchev–Trinajstić information content (AvgIpc) is 2.53. The monoisotopic (exact) mass is 316 g/mol. The molecule has 0 aliphatic heterocycles. The number of hydrogen-bond donors (Lipinski definition) is 1. The molecule has 1 atom stereocenters. The Kier molecular flexibility index (Phi) is 3.94. The van der Waals surface area contributed by atoms with Crippen LogP contribution in [0.4, 0.5) is 4.39 Å². The van der Waals surface area contributed by atoms with Crippen molar-refractivity contribution < 1.29 is 18.7 Å². The Morgan fingerprint density at radius 1 is 1.43 bits per heavy atom. The molecule has 1 N–H and O–H groups in total. The largest absolute Gasteiger partial charge is 0.508 e. The first-order valence-electron chi connectivity index (χ1n) is 7.49. The number of aromatic hydroxyl groups is 1. The van der Waals surface area contributed by atoms with Gasteiger partial charge in [0.1, 0.15) is 29.0 Å². The summed E-state index contributed by atoms with van der Waals surface area (Å²) in [7, 11) is 0. The van der Waals surface area contributed by atoms with Gasteiger partial charge >= 0.3 is 0 Å². The molecular formula is C18H17FO4. The molecule has 2 aromatic rings. The van der Waals surface area contributed by atoms with Crippen LogP contribution in [0.2, 0.25) is 0 Å². The summed E-state index contributed by atoms with van der Waals surface area (Å²) in [6.07, 6.45) is 4.29. The molecule has 0 amide bonds. The molecular weight excluding hydrogens is 299 g/mol. The molecule has 0 fully saturated rings. The van der Waals surface area contributed by atoms with E-state index in [-0.39, 0.29) is 23.3 Å². The molecule has 23 heavy (non-hydrogen) atoms. The highest BCUT2D eigenvalue weighted by Gasteiger charge is 2.17. The molecule has 4 nitrogen and oxygen atoms in total. The fourth-order valence-electron chi connectivity index (χ4n) is 2.54. The highest BCUT2D eigenvalue weighted by Crippen LogP contribution is 2.28. The molecule has 1 heterocycles. The highest BCUT2D eigenvalue weighted by atomic mass is 19.1. The van der Waals surface area contributed by atoms with Gasteiger partial charge in [0.15, 0.2) is 0 Å². The predicted octanol–water partition coefficient (Wildman–Crippen LogP) is 3.93. The van der Waals surface area contributed by atoms with Crippen molar-refractivity contribution in [1.82, 2.24) is 0 Å². The van der Waals surface area contributed by atoms with Crippen LogP contribution in [0.15, 0.2) is 45.3 Å². The number of phenolic OH excluding ortho intramolecular Hbond substituents is 1. The number of halogens is 1. The van der Waals surface area contributed by atoms with Crippen LogP contribution in [-0.4, -0.2) is 11.3 Å². The van der Waals surface area contributed by atoms with Gasteiger partial charge in [0.2, 0.25) is 11.2 Å². The molecule has 1 aliphatic carbocycles. The van der Waals surface area contributed by atoms with Crippen LogP contribution in [0.1, 0.15) is 24.7 Å². The molecule has 120 valence electrons. The minimum atomic E-state index is -1.02. The maximum absolute atomic E-state index is 13.1. The number of allylic oxidation sites excluding steroid dienone is 3. The van der Waals surface area contributed by atoms with Crippen molar-refractivity contribution in [2.75, 3.05) is 0 Å². The van der Waals surface area contributed by atoms with E-state index < -0.39 is 6.17 Å². The van der Waals surface area contributed by atoms with Gasteiger partial charge in [0.05, 0.1) is 5.39 Å². The third-order valence-corrected chi connectivity index (χ3v) is 3.83. The van der Waals surface area contributed by atoms with Crippen LogP contribution >= 0.6 is 0 Å². The highest BCUT2D eigenvalue weighted by molar-refractivity contribution is 5.81. The third-order valence-electron chi connectivity index (χ3n) is 3.83. The molecule has 1 aliphatic rings. The fraction of sp³-hybridized carbons (Fsp3) is 0.278. The molecule has 3 rings (SSSR count). The van der Waals surface area contributed by atoms with Crippen LogP contribution in [0.25, 0.3) is 11.0 Å². The normalized spacial score (nSPS) is 17.3. The molecule has 0 saturated heterocycles. The van der Waals surface area contributed by atoms with E-state index in [1.807, 2.05) is 6.92 Å². The number of aryl methyl sites for hydroxylation is 2. The van der Waals surface area contributed by atoms with Gasteiger partial charge in [0, 0.05) is 12.5 Å².